The highest BCUT2D eigenvalue weighted by atomic mass is 32.1. The van der Waals surface area contributed by atoms with E-state index in [4.69, 9.17) is 0 Å². The second-order valence-electron chi connectivity index (χ2n) is 8.96. The topological polar surface area (TPSA) is 70.9 Å². The molecule has 2 N–H and O–H groups in total. The number of aliphatic hydroxyl groups is 1. The van der Waals surface area contributed by atoms with E-state index in [0.717, 1.165) is 35.9 Å². The molecule has 0 unspecified atom stereocenters. The molecule has 0 saturated heterocycles. The van der Waals surface area contributed by atoms with Crippen LogP contribution in [0.15, 0.2) is 85.2 Å². The van der Waals surface area contributed by atoms with Gasteiger partial charge in [0.15, 0.2) is 0 Å². The van der Waals surface area contributed by atoms with E-state index in [1.807, 2.05) is 55.5 Å². The molecule has 0 amide bonds. The SMILES string of the molecule is Cc1ccc(-c2cc([C@H](O)CNCCCC(c3ccccn3)c3ccccn3)cc(C(F)(F)F)n2)cc1.S. The maximum absolute atomic E-state index is 13.5. The van der Waals surface area contributed by atoms with Crippen molar-refractivity contribution in [3.8, 4) is 11.3 Å². The molecule has 200 valence electrons. The lowest BCUT2D eigenvalue weighted by Gasteiger charge is -2.18. The zero-order valence-corrected chi connectivity index (χ0v) is 22.0. The quantitative estimate of drug-likeness (QED) is 0.234. The Kier molecular flexibility index (Phi) is 10.4. The van der Waals surface area contributed by atoms with Gasteiger partial charge in [0.2, 0.25) is 0 Å². The molecular weight excluding hydrogens is 509 g/mol. The predicted octanol–water partition coefficient (Wildman–Crippen LogP) is 6.21. The molecule has 0 fully saturated rings. The fraction of sp³-hybridized carbons (Fsp3) is 0.276. The number of hydrogen-bond acceptors (Lipinski definition) is 5. The molecule has 0 aliphatic carbocycles. The summed E-state index contributed by atoms with van der Waals surface area (Å²) in [4.78, 5) is 12.8. The highest BCUT2D eigenvalue weighted by Gasteiger charge is 2.34. The maximum atomic E-state index is 13.5. The van der Waals surface area contributed by atoms with Gasteiger partial charge in [-0.25, -0.2) is 4.98 Å². The first-order valence-electron chi connectivity index (χ1n) is 12.2. The van der Waals surface area contributed by atoms with Gasteiger partial charge in [-0.3, -0.25) is 9.97 Å². The number of benzene rings is 1. The van der Waals surface area contributed by atoms with Crippen molar-refractivity contribution in [2.75, 3.05) is 13.1 Å². The summed E-state index contributed by atoms with van der Waals surface area (Å²) < 4.78 is 40.6. The molecule has 1 aromatic carbocycles. The number of nitrogens with zero attached hydrogens (tertiary/aromatic N) is 3. The van der Waals surface area contributed by atoms with Gasteiger partial charge in [-0.2, -0.15) is 26.7 Å². The minimum atomic E-state index is -4.62. The Balaban J connectivity index is 0.00000400. The van der Waals surface area contributed by atoms with Gasteiger partial charge in [0.05, 0.1) is 11.8 Å². The van der Waals surface area contributed by atoms with Crippen LogP contribution in [-0.2, 0) is 6.18 Å². The molecule has 0 radical (unpaired) electrons. The number of alkyl halides is 3. The third-order valence-electron chi connectivity index (χ3n) is 6.14. The molecular formula is C29H31F3N4OS. The lowest BCUT2D eigenvalue weighted by Crippen LogP contribution is -2.23. The van der Waals surface area contributed by atoms with Crippen molar-refractivity contribution in [3.05, 3.63) is 113 Å². The Labute approximate surface area is 227 Å². The van der Waals surface area contributed by atoms with E-state index in [1.54, 1.807) is 24.5 Å². The third-order valence-corrected chi connectivity index (χ3v) is 6.14. The zero-order chi connectivity index (χ0) is 26.3. The summed E-state index contributed by atoms with van der Waals surface area (Å²) in [6, 6.07) is 21.1. The third kappa shape index (κ3) is 7.86. The van der Waals surface area contributed by atoms with Crippen LogP contribution in [0.2, 0.25) is 0 Å². The van der Waals surface area contributed by atoms with Crippen molar-refractivity contribution in [3.63, 3.8) is 0 Å². The predicted molar refractivity (Wildman–Crippen MR) is 147 cm³/mol. The summed E-state index contributed by atoms with van der Waals surface area (Å²) in [7, 11) is 0. The summed E-state index contributed by atoms with van der Waals surface area (Å²) in [5.74, 6) is 0.0285. The van der Waals surface area contributed by atoms with E-state index >= 15 is 0 Å². The van der Waals surface area contributed by atoms with Gasteiger partial charge in [0.1, 0.15) is 5.69 Å². The van der Waals surface area contributed by atoms with Gasteiger partial charge in [-0.15, -0.1) is 0 Å². The Morgan fingerprint density at radius 1 is 0.895 bits per heavy atom. The fourth-order valence-corrected chi connectivity index (χ4v) is 4.16. The van der Waals surface area contributed by atoms with Crippen LogP contribution < -0.4 is 5.32 Å². The van der Waals surface area contributed by atoms with E-state index in [9.17, 15) is 18.3 Å². The molecule has 1 atom stereocenters. The molecule has 3 heterocycles. The van der Waals surface area contributed by atoms with Crippen LogP contribution in [-0.4, -0.2) is 33.1 Å². The van der Waals surface area contributed by atoms with Crippen molar-refractivity contribution < 1.29 is 18.3 Å². The average Bonchev–Trinajstić information content (AvgIpc) is 2.91. The molecule has 9 heteroatoms. The van der Waals surface area contributed by atoms with Crippen LogP contribution in [0.4, 0.5) is 13.2 Å². The molecule has 0 spiro atoms. The number of rotatable bonds is 10. The van der Waals surface area contributed by atoms with E-state index in [0.29, 0.717) is 12.1 Å². The van der Waals surface area contributed by atoms with Crippen molar-refractivity contribution in [2.45, 2.75) is 38.0 Å². The van der Waals surface area contributed by atoms with Gasteiger partial charge in [0.25, 0.3) is 0 Å². The van der Waals surface area contributed by atoms with Crippen molar-refractivity contribution in [1.82, 2.24) is 20.3 Å². The molecule has 3 aromatic heterocycles. The lowest BCUT2D eigenvalue weighted by atomic mass is 9.94. The minimum Gasteiger partial charge on any atom is -0.387 e. The molecule has 0 bridgehead atoms. The molecule has 0 aliphatic rings. The van der Waals surface area contributed by atoms with Gasteiger partial charge in [-0.05, 0) is 68.3 Å². The second-order valence-corrected chi connectivity index (χ2v) is 8.96. The normalized spacial score (nSPS) is 12.3. The van der Waals surface area contributed by atoms with Crippen molar-refractivity contribution >= 4 is 13.5 Å². The summed E-state index contributed by atoms with van der Waals surface area (Å²) in [6.07, 6.45) is -0.667. The van der Waals surface area contributed by atoms with Crippen LogP contribution in [0.1, 0.15) is 53.1 Å². The molecule has 38 heavy (non-hydrogen) atoms. The van der Waals surface area contributed by atoms with Crippen LogP contribution >= 0.6 is 13.5 Å². The fourth-order valence-electron chi connectivity index (χ4n) is 4.16. The standard InChI is InChI=1S/C29H29F3N4O.H2S/c1-20-10-12-21(13-11-20)26-17-22(18-28(36-26)29(30,31)32)27(37)19-33-14-6-7-23(24-8-2-4-15-34-24)25-9-3-5-16-35-25;/h2-5,8-13,15-18,23,27,33,37H,6-7,14,19H2,1H3;1H2/t27-;/m1./s1. The van der Waals surface area contributed by atoms with E-state index in [2.05, 4.69) is 20.3 Å². The van der Waals surface area contributed by atoms with Gasteiger partial charge < -0.3 is 10.4 Å². The summed E-state index contributed by atoms with van der Waals surface area (Å²) in [5.41, 5.74) is 2.75. The number of pyridine rings is 3. The summed E-state index contributed by atoms with van der Waals surface area (Å²) in [6.45, 7) is 2.60. The Bertz CT molecular complexity index is 1230. The lowest BCUT2D eigenvalue weighted by molar-refractivity contribution is -0.141. The first-order chi connectivity index (χ1) is 17.8. The van der Waals surface area contributed by atoms with Crippen LogP contribution in [0, 0.1) is 6.92 Å². The minimum absolute atomic E-state index is 0. The van der Waals surface area contributed by atoms with Crippen molar-refractivity contribution in [1.29, 1.82) is 0 Å². The number of aryl methyl sites for hydroxylation is 1. The molecule has 5 nitrogen and oxygen atoms in total. The van der Waals surface area contributed by atoms with E-state index in [1.165, 1.54) is 6.07 Å². The smallest absolute Gasteiger partial charge is 0.387 e. The number of halogens is 3. The van der Waals surface area contributed by atoms with E-state index < -0.39 is 18.0 Å². The maximum Gasteiger partial charge on any atom is 0.433 e. The second kappa shape index (κ2) is 13.5. The molecule has 0 saturated carbocycles. The number of hydrogen-bond donors (Lipinski definition) is 2. The van der Waals surface area contributed by atoms with Gasteiger partial charge in [0, 0.05) is 41.8 Å². The highest BCUT2D eigenvalue weighted by molar-refractivity contribution is 7.59. The molecule has 4 aromatic rings. The number of aliphatic hydroxyl groups excluding tert-OH is 1. The van der Waals surface area contributed by atoms with Gasteiger partial charge >= 0.3 is 6.18 Å². The first-order valence-corrected chi connectivity index (χ1v) is 12.2. The largest absolute Gasteiger partial charge is 0.433 e. The summed E-state index contributed by atoms with van der Waals surface area (Å²) in [5, 5.41) is 13.9. The van der Waals surface area contributed by atoms with Gasteiger partial charge in [-0.1, -0.05) is 42.0 Å². The monoisotopic (exact) mass is 540 g/mol. The first kappa shape index (κ1) is 29.3. The highest BCUT2D eigenvalue weighted by Crippen LogP contribution is 2.32. The van der Waals surface area contributed by atoms with Crippen LogP contribution in [0.5, 0.6) is 0 Å². The zero-order valence-electron chi connectivity index (χ0n) is 21.0. The summed E-state index contributed by atoms with van der Waals surface area (Å²) >= 11 is 0. The average molecular weight is 541 g/mol. The number of aromatic nitrogens is 3. The van der Waals surface area contributed by atoms with Crippen molar-refractivity contribution in [2.24, 2.45) is 0 Å². The Morgan fingerprint density at radius 2 is 1.53 bits per heavy atom. The van der Waals surface area contributed by atoms with Crippen LogP contribution in [0.25, 0.3) is 11.3 Å². The Hall–Kier alpha value is -3.27. The Morgan fingerprint density at radius 3 is 2.08 bits per heavy atom. The van der Waals surface area contributed by atoms with E-state index in [-0.39, 0.29) is 37.2 Å². The van der Waals surface area contributed by atoms with Crippen LogP contribution in [0.3, 0.4) is 0 Å². The number of nitrogens with one attached hydrogen (secondary N) is 1. The molecule has 0 aliphatic heterocycles. The molecule has 4 rings (SSSR count).